The van der Waals surface area contributed by atoms with Gasteiger partial charge in [-0.2, -0.15) is 0 Å². The molecule has 2 nitrogen and oxygen atoms in total. The average molecular weight is 506 g/mol. The van der Waals surface area contributed by atoms with Crippen LogP contribution < -0.4 is 0 Å². The smallest absolute Gasteiger partial charge is 0.153 e. The Morgan fingerprint density at radius 1 is 0.838 bits per heavy atom. The first-order valence-corrected chi connectivity index (χ1v) is 13.6. The maximum Gasteiger partial charge on any atom is 0.153 e. The monoisotopic (exact) mass is 505 g/mol. The fraction of sp³-hybridized carbons (Fsp3) is 0.265. The molecule has 6 rings (SSSR count). The summed E-state index contributed by atoms with van der Waals surface area (Å²) in [5, 5.41) is 3.38. The number of pyridine rings is 1. The van der Waals surface area contributed by atoms with Crippen molar-refractivity contribution < 1.29 is 7.16 Å². The van der Waals surface area contributed by atoms with Crippen LogP contribution in [0.25, 0.3) is 54.4 Å². The van der Waals surface area contributed by atoms with Crippen LogP contribution in [0.2, 0.25) is 0 Å². The lowest BCUT2D eigenvalue weighted by Gasteiger charge is -2.22. The van der Waals surface area contributed by atoms with Gasteiger partial charge >= 0.3 is 0 Å². The Morgan fingerprint density at radius 2 is 1.51 bits per heavy atom. The second kappa shape index (κ2) is 8.56. The minimum Gasteiger partial charge on any atom is -0.454 e. The molecule has 0 amide bonds. The van der Waals surface area contributed by atoms with Gasteiger partial charge in [-0.05, 0) is 90.9 Å². The van der Waals surface area contributed by atoms with Crippen molar-refractivity contribution >= 4 is 43.4 Å². The lowest BCUT2D eigenvalue weighted by atomic mass is 9.83. The summed E-state index contributed by atoms with van der Waals surface area (Å²) in [5.74, 6) is 0. The molecule has 0 fully saturated rings. The van der Waals surface area contributed by atoms with Crippen molar-refractivity contribution in [1.82, 2.24) is 4.98 Å². The Labute approximate surface area is 225 Å². The number of rotatable bonds is 3. The molecular weight excluding hydrogens is 470 g/mol. The molecule has 0 atom stereocenters. The van der Waals surface area contributed by atoms with Gasteiger partial charge in [-0.15, -0.1) is 11.3 Å². The number of hydrogen-bond donors (Lipinski definition) is 0. The molecule has 0 aliphatic heterocycles. The van der Waals surface area contributed by atoms with Gasteiger partial charge in [-0.1, -0.05) is 57.2 Å². The molecule has 0 bridgehead atoms. The number of hydrogen-bond acceptors (Lipinski definition) is 3. The van der Waals surface area contributed by atoms with Crippen LogP contribution in [0, 0.1) is 33.1 Å². The number of benzene rings is 3. The molecule has 0 saturated heterocycles. The summed E-state index contributed by atoms with van der Waals surface area (Å²) >= 11 is 1.78. The van der Waals surface area contributed by atoms with Crippen LogP contribution in [0.4, 0.5) is 0 Å². The average Bonchev–Trinajstić information content (AvgIpc) is 3.40. The molecule has 0 radical (unpaired) electrons. The number of aromatic nitrogens is 1. The molecule has 37 heavy (non-hydrogen) atoms. The van der Waals surface area contributed by atoms with Gasteiger partial charge in [0.15, 0.2) is 5.58 Å². The number of furan rings is 1. The molecule has 0 saturated carbocycles. The Bertz CT molecular complexity index is 1900. The molecule has 6 aromatic rings. The lowest BCUT2D eigenvalue weighted by molar-refractivity contribution is 0.411. The third kappa shape index (κ3) is 3.97. The van der Waals surface area contributed by atoms with E-state index in [1.54, 1.807) is 11.3 Å². The normalized spacial score (nSPS) is 13.5. The number of aryl methyl sites for hydroxylation is 4. The Morgan fingerprint density at radius 3 is 2.24 bits per heavy atom. The van der Waals surface area contributed by atoms with E-state index in [1.165, 1.54) is 20.5 Å². The van der Waals surface area contributed by atoms with Gasteiger partial charge in [0.2, 0.25) is 0 Å². The molecule has 3 heterocycles. The Hall–Kier alpha value is -3.43. The molecule has 3 aromatic heterocycles. The van der Waals surface area contributed by atoms with Gasteiger partial charge in [-0.25, -0.2) is 0 Å². The van der Waals surface area contributed by atoms with E-state index in [4.69, 9.17) is 9.40 Å². The van der Waals surface area contributed by atoms with E-state index in [2.05, 4.69) is 58.0 Å². The van der Waals surface area contributed by atoms with E-state index in [0.717, 1.165) is 49.8 Å². The van der Waals surface area contributed by atoms with E-state index >= 15 is 0 Å². The molecule has 0 N–H and O–H groups in total. The highest BCUT2D eigenvalue weighted by molar-refractivity contribution is 7.20. The van der Waals surface area contributed by atoms with Crippen molar-refractivity contribution in [2.24, 2.45) is 5.41 Å². The lowest BCUT2D eigenvalue weighted by Crippen LogP contribution is -2.11. The first-order chi connectivity index (χ1) is 18.4. The van der Waals surface area contributed by atoms with Crippen LogP contribution in [0.5, 0.6) is 0 Å². The Kier molecular flexibility index (Phi) is 5.01. The summed E-state index contributed by atoms with van der Waals surface area (Å²) < 4.78 is 26.4. The third-order valence-corrected chi connectivity index (χ3v) is 8.47. The zero-order valence-electron chi connectivity index (χ0n) is 24.5. The molecule has 0 unspecified atom stereocenters. The largest absolute Gasteiger partial charge is 0.454 e. The minimum absolute atomic E-state index is 0.622. The van der Waals surface area contributed by atoms with Gasteiger partial charge in [0.05, 0.1) is 10.4 Å². The minimum atomic E-state index is -1.60. The highest BCUT2D eigenvalue weighted by Gasteiger charge is 2.21. The molecule has 0 aliphatic carbocycles. The van der Waals surface area contributed by atoms with Crippen molar-refractivity contribution in [3.05, 3.63) is 87.9 Å². The zero-order valence-corrected chi connectivity index (χ0v) is 23.4. The summed E-state index contributed by atoms with van der Waals surface area (Å²) in [6, 6.07) is 18.7. The summed E-state index contributed by atoms with van der Waals surface area (Å²) in [7, 11) is 0. The van der Waals surface area contributed by atoms with Gasteiger partial charge < -0.3 is 4.42 Å². The van der Waals surface area contributed by atoms with Crippen LogP contribution in [0.1, 0.15) is 50.6 Å². The van der Waals surface area contributed by atoms with Crippen LogP contribution in [0.3, 0.4) is 0 Å². The predicted molar refractivity (Wildman–Crippen MR) is 160 cm³/mol. The second-order valence-corrected chi connectivity index (χ2v) is 12.4. The maximum absolute atomic E-state index is 9.29. The van der Waals surface area contributed by atoms with Gasteiger partial charge in [0.25, 0.3) is 0 Å². The summed E-state index contributed by atoms with van der Waals surface area (Å²) in [6.45, 7) is 14.4. The van der Waals surface area contributed by atoms with Gasteiger partial charge in [0.1, 0.15) is 5.58 Å². The topological polar surface area (TPSA) is 26.0 Å². The van der Waals surface area contributed by atoms with E-state index in [9.17, 15) is 2.74 Å². The quantitative estimate of drug-likeness (QED) is 0.239. The number of nitrogens with zero attached hydrogens (tertiary/aromatic N) is 1. The van der Waals surface area contributed by atoms with Crippen molar-refractivity contribution in [1.29, 1.82) is 0 Å². The predicted octanol–water partition coefficient (Wildman–Crippen LogP) is 10.4. The summed E-state index contributed by atoms with van der Waals surface area (Å²) in [5.41, 5.74) is 8.74. The molecular formula is C34H33NOS. The summed E-state index contributed by atoms with van der Waals surface area (Å²) in [6.07, 6.45) is 0.254. The molecule has 0 aliphatic rings. The second-order valence-electron chi connectivity index (χ2n) is 11.1. The van der Waals surface area contributed by atoms with Crippen LogP contribution in [-0.2, 0) is 6.37 Å². The van der Waals surface area contributed by atoms with Gasteiger partial charge in [-0.3, -0.25) is 4.98 Å². The zero-order chi connectivity index (χ0) is 27.9. The van der Waals surface area contributed by atoms with Crippen molar-refractivity contribution in [2.75, 3.05) is 0 Å². The van der Waals surface area contributed by atoms with Crippen LogP contribution in [0.15, 0.2) is 65.2 Å². The van der Waals surface area contributed by atoms with E-state index < -0.39 is 11.8 Å². The fourth-order valence-electron chi connectivity index (χ4n) is 5.40. The SMILES string of the molecule is [2H]C([2H])(c1cc(-c2cccc3c2oc2c3ccc3c(C)c(C)sc32)ncc1-c1c(C)cccc1C)C(C)(C)C. The molecule has 186 valence electrons. The number of thiophene rings is 1. The molecule has 0 spiro atoms. The van der Waals surface area contributed by atoms with E-state index in [-0.39, 0.29) is 0 Å². The van der Waals surface area contributed by atoms with Crippen molar-refractivity contribution in [3.63, 3.8) is 0 Å². The highest BCUT2D eigenvalue weighted by atomic mass is 32.1. The third-order valence-electron chi connectivity index (χ3n) is 7.25. The number of para-hydroxylation sites is 1. The standard InChI is InChI=1S/C34H33NOS/c1-19-10-8-11-20(2)30(19)28-18-35-29(16-23(28)17-34(5,6)7)27-13-9-12-25-26-15-14-24-21(3)22(4)37-33(24)32(26)36-31(25)27/h8-16,18H,17H2,1-7H3/i17D2. The Balaban J connectivity index is 1.64. The van der Waals surface area contributed by atoms with Crippen molar-refractivity contribution in [2.45, 2.75) is 54.8 Å². The first kappa shape index (κ1) is 21.6. The van der Waals surface area contributed by atoms with Gasteiger partial charge in [0, 0.05) is 35.7 Å². The molecule has 3 aromatic carbocycles. The highest BCUT2D eigenvalue weighted by Crippen LogP contribution is 2.43. The first-order valence-electron chi connectivity index (χ1n) is 13.8. The fourth-order valence-corrected chi connectivity index (χ4v) is 6.55. The maximum atomic E-state index is 9.29. The summed E-state index contributed by atoms with van der Waals surface area (Å²) in [4.78, 5) is 6.24. The van der Waals surface area contributed by atoms with Crippen LogP contribution in [-0.4, -0.2) is 4.98 Å². The van der Waals surface area contributed by atoms with E-state index in [0.29, 0.717) is 11.3 Å². The molecule has 3 heteroatoms. The van der Waals surface area contributed by atoms with Crippen LogP contribution >= 0.6 is 11.3 Å². The number of fused-ring (bicyclic) bond motifs is 5. The van der Waals surface area contributed by atoms with E-state index in [1.807, 2.05) is 51.2 Å². The van der Waals surface area contributed by atoms with Crippen molar-refractivity contribution in [3.8, 4) is 22.4 Å².